The van der Waals surface area contributed by atoms with E-state index in [-0.39, 0.29) is 23.3 Å². The van der Waals surface area contributed by atoms with Crippen LogP contribution in [-0.4, -0.2) is 31.2 Å². The second kappa shape index (κ2) is 7.40. The van der Waals surface area contributed by atoms with Crippen LogP contribution in [0.5, 0.6) is 0 Å². The number of carbonyl (C=O) groups is 1. The number of anilines is 1. The third kappa shape index (κ3) is 3.77. The number of fused-ring (bicyclic) bond motifs is 1. The molecule has 0 aliphatic carbocycles. The largest absolute Gasteiger partial charge is 0.353 e. The van der Waals surface area contributed by atoms with Crippen molar-refractivity contribution in [1.29, 1.82) is 0 Å². The molecular formula is C16H19N5O2S2. The molecule has 9 heteroatoms. The predicted octanol–water partition coefficient (Wildman–Crippen LogP) is 3.19. The molecule has 0 bridgehead atoms. The number of H-pyrrole nitrogens is 1. The minimum atomic E-state index is -0.171. The number of aromatic amines is 1. The number of amides is 1. The van der Waals surface area contributed by atoms with Crippen molar-refractivity contribution in [2.24, 2.45) is 0 Å². The highest BCUT2D eigenvalue weighted by atomic mass is 32.2. The molecule has 3 aromatic rings. The molecule has 0 aromatic carbocycles. The average molecular weight is 377 g/mol. The number of thiazole rings is 1. The molecule has 132 valence electrons. The third-order valence-corrected chi connectivity index (χ3v) is 5.47. The monoisotopic (exact) mass is 377 g/mol. The summed E-state index contributed by atoms with van der Waals surface area (Å²) in [7, 11) is 0. The zero-order chi connectivity index (χ0) is 18.0. The number of thioether (sulfide) groups is 1. The molecule has 1 atom stereocenters. The van der Waals surface area contributed by atoms with Gasteiger partial charge in [0.25, 0.3) is 5.56 Å². The summed E-state index contributed by atoms with van der Waals surface area (Å²) in [6.45, 7) is 5.89. The Morgan fingerprint density at radius 3 is 3.00 bits per heavy atom. The molecule has 3 heterocycles. The van der Waals surface area contributed by atoms with Crippen molar-refractivity contribution in [1.82, 2.24) is 19.5 Å². The van der Waals surface area contributed by atoms with Crippen LogP contribution in [0.1, 0.15) is 32.0 Å². The van der Waals surface area contributed by atoms with Gasteiger partial charge in [-0.2, -0.15) is 0 Å². The summed E-state index contributed by atoms with van der Waals surface area (Å²) in [6, 6.07) is 1.84. The quantitative estimate of drug-likeness (QED) is 0.508. The Morgan fingerprint density at radius 2 is 2.32 bits per heavy atom. The normalized spacial score (nSPS) is 12.4. The highest BCUT2D eigenvalue weighted by Crippen LogP contribution is 2.23. The minimum Gasteiger partial charge on any atom is -0.353 e. The Kier molecular flexibility index (Phi) is 5.24. The van der Waals surface area contributed by atoms with E-state index in [0.717, 1.165) is 12.1 Å². The van der Waals surface area contributed by atoms with Gasteiger partial charge in [-0.3, -0.25) is 14.2 Å². The van der Waals surface area contributed by atoms with Crippen molar-refractivity contribution in [2.75, 3.05) is 11.1 Å². The molecule has 0 aliphatic heterocycles. The van der Waals surface area contributed by atoms with Gasteiger partial charge in [0.1, 0.15) is 5.52 Å². The van der Waals surface area contributed by atoms with Crippen molar-refractivity contribution in [3.8, 4) is 0 Å². The number of hydrogen-bond donors (Lipinski definition) is 2. The molecule has 25 heavy (non-hydrogen) atoms. The van der Waals surface area contributed by atoms with Gasteiger partial charge in [0.2, 0.25) is 5.91 Å². The smallest absolute Gasteiger partial charge is 0.278 e. The lowest BCUT2D eigenvalue weighted by molar-refractivity contribution is -0.113. The molecule has 0 fully saturated rings. The van der Waals surface area contributed by atoms with E-state index in [1.54, 1.807) is 16.1 Å². The van der Waals surface area contributed by atoms with Gasteiger partial charge in [-0.25, -0.2) is 9.97 Å². The first-order chi connectivity index (χ1) is 12.0. The Hall–Kier alpha value is -2.13. The fourth-order valence-corrected chi connectivity index (χ4v) is 3.88. The molecule has 7 nitrogen and oxygen atoms in total. The van der Waals surface area contributed by atoms with Gasteiger partial charge in [-0.05, 0) is 26.3 Å². The Bertz CT molecular complexity index is 945. The molecule has 3 rings (SSSR count). The van der Waals surface area contributed by atoms with E-state index < -0.39 is 0 Å². The van der Waals surface area contributed by atoms with Crippen LogP contribution in [0.25, 0.3) is 11.0 Å². The van der Waals surface area contributed by atoms with Crippen molar-refractivity contribution < 1.29 is 4.79 Å². The van der Waals surface area contributed by atoms with E-state index in [4.69, 9.17) is 0 Å². The molecule has 0 spiro atoms. The summed E-state index contributed by atoms with van der Waals surface area (Å²) >= 11 is 2.63. The Labute approximate surface area is 152 Å². The van der Waals surface area contributed by atoms with Crippen LogP contribution in [0.2, 0.25) is 0 Å². The number of nitrogens with zero attached hydrogens (tertiary/aromatic N) is 3. The van der Waals surface area contributed by atoms with Gasteiger partial charge in [0.15, 0.2) is 10.3 Å². The van der Waals surface area contributed by atoms with Crippen LogP contribution < -0.4 is 10.9 Å². The van der Waals surface area contributed by atoms with Crippen LogP contribution in [0, 0.1) is 6.92 Å². The van der Waals surface area contributed by atoms with Gasteiger partial charge in [0, 0.05) is 23.3 Å². The van der Waals surface area contributed by atoms with Crippen LogP contribution in [0.15, 0.2) is 27.6 Å². The second-order valence-electron chi connectivity index (χ2n) is 5.71. The van der Waals surface area contributed by atoms with E-state index in [1.807, 2.05) is 26.8 Å². The predicted molar refractivity (Wildman–Crippen MR) is 102 cm³/mol. The molecule has 0 saturated carbocycles. The first kappa shape index (κ1) is 17.7. The number of carbonyl (C=O) groups excluding carboxylic acids is 1. The zero-order valence-corrected chi connectivity index (χ0v) is 15.8. The number of aromatic nitrogens is 4. The van der Waals surface area contributed by atoms with Crippen LogP contribution in [0.4, 0.5) is 5.13 Å². The molecule has 3 aromatic heterocycles. The Balaban J connectivity index is 1.88. The van der Waals surface area contributed by atoms with Crippen LogP contribution >= 0.6 is 23.1 Å². The summed E-state index contributed by atoms with van der Waals surface area (Å²) < 4.78 is 1.67. The fourth-order valence-electron chi connectivity index (χ4n) is 2.43. The van der Waals surface area contributed by atoms with E-state index in [2.05, 4.69) is 20.3 Å². The number of rotatable bonds is 6. The maximum absolute atomic E-state index is 12.8. The number of aryl methyl sites for hydroxylation is 1. The maximum Gasteiger partial charge on any atom is 0.278 e. The molecule has 1 unspecified atom stereocenters. The van der Waals surface area contributed by atoms with Gasteiger partial charge in [0.05, 0.1) is 11.3 Å². The summed E-state index contributed by atoms with van der Waals surface area (Å²) in [5.74, 6) is -0.00701. The van der Waals surface area contributed by atoms with E-state index in [1.165, 1.54) is 23.1 Å². The fraction of sp³-hybridized carbons (Fsp3) is 0.375. The van der Waals surface area contributed by atoms with Gasteiger partial charge in [-0.1, -0.05) is 18.7 Å². The van der Waals surface area contributed by atoms with E-state index in [9.17, 15) is 9.59 Å². The standard InChI is InChI=1S/C16H19N5O2S2/c1-4-10(3)21-14(23)13-11(7-9(2)18-13)19-16(21)25-8-12(22)20-15-17-5-6-24-15/h5-7,10,18H,4,8H2,1-3H3,(H,17,20,22). The number of hydrogen-bond acceptors (Lipinski definition) is 6. The topological polar surface area (TPSA) is 92.7 Å². The van der Waals surface area contributed by atoms with Crippen molar-refractivity contribution in [2.45, 2.75) is 38.4 Å². The SMILES string of the molecule is CCC(C)n1c(SCC(=O)Nc2nccs2)nc2cc(C)[nH]c2c1=O. The summed E-state index contributed by atoms with van der Waals surface area (Å²) in [5, 5.41) is 5.66. The van der Waals surface area contributed by atoms with Gasteiger partial charge < -0.3 is 10.3 Å². The van der Waals surface area contributed by atoms with Crippen molar-refractivity contribution in [3.05, 3.63) is 33.7 Å². The lowest BCUT2D eigenvalue weighted by Gasteiger charge is -2.17. The van der Waals surface area contributed by atoms with Crippen LogP contribution in [0.3, 0.4) is 0 Å². The molecule has 0 saturated heterocycles. The highest BCUT2D eigenvalue weighted by Gasteiger charge is 2.18. The Morgan fingerprint density at radius 1 is 1.52 bits per heavy atom. The minimum absolute atomic E-state index is 0.00229. The van der Waals surface area contributed by atoms with Gasteiger partial charge in [-0.15, -0.1) is 11.3 Å². The first-order valence-electron chi connectivity index (χ1n) is 7.93. The van der Waals surface area contributed by atoms with Crippen molar-refractivity contribution in [3.63, 3.8) is 0 Å². The lowest BCUT2D eigenvalue weighted by atomic mass is 10.2. The average Bonchev–Trinajstić information content (AvgIpc) is 3.21. The van der Waals surface area contributed by atoms with Crippen LogP contribution in [-0.2, 0) is 4.79 Å². The summed E-state index contributed by atoms with van der Waals surface area (Å²) in [6.07, 6.45) is 2.43. The molecule has 2 N–H and O–H groups in total. The maximum atomic E-state index is 12.8. The number of nitrogens with one attached hydrogen (secondary N) is 2. The summed E-state index contributed by atoms with van der Waals surface area (Å²) in [5.41, 5.74) is 1.92. The second-order valence-corrected chi connectivity index (χ2v) is 7.55. The van der Waals surface area contributed by atoms with Crippen molar-refractivity contribution >= 4 is 45.2 Å². The van der Waals surface area contributed by atoms with Gasteiger partial charge >= 0.3 is 0 Å². The molecule has 0 radical (unpaired) electrons. The molecule has 0 aliphatic rings. The highest BCUT2D eigenvalue weighted by molar-refractivity contribution is 7.99. The third-order valence-electron chi connectivity index (χ3n) is 3.83. The zero-order valence-electron chi connectivity index (χ0n) is 14.2. The van der Waals surface area contributed by atoms with E-state index in [0.29, 0.717) is 21.3 Å². The molecular weight excluding hydrogens is 358 g/mol. The summed E-state index contributed by atoms with van der Waals surface area (Å²) in [4.78, 5) is 36.6. The van der Waals surface area contributed by atoms with E-state index >= 15 is 0 Å². The molecule has 1 amide bonds. The lowest BCUT2D eigenvalue weighted by Crippen LogP contribution is -2.26. The first-order valence-corrected chi connectivity index (χ1v) is 9.80.